The number of carbonyl (C=O) groups is 2. The number of fused-ring (bicyclic) bond motifs is 1. The third-order valence-electron chi connectivity index (χ3n) is 5.94. The van der Waals surface area contributed by atoms with Gasteiger partial charge in [0.15, 0.2) is 17.0 Å². The summed E-state index contributed by atoms with van der Waals surface area (Å²) in [5, 5.41) is 0. The van der Waals surface area contributed by atoms with E-state index in [0.717, 1.165) is 4.90 Å². The van der Waals surface area contributed by atoms with Gasteiger partial charge in [-0.3, -0.25) is 29.4 Å². The van der Waals surface area contributed by atoms with Crippen LogP contribution in [-0.2, 0) is 23.4 Å². The number of imide groups is 1. The van der Waals surface area contributed by atoms with Crippen LogP contribution in [0.4, 0.5) is 0 Å². The van der Waals surface area contributed by atoms with Gasteiger partial charge < -0.3 is 18.8 Å². The molecule has 12 nitrogen and oxygen atoms in total. The molecule has 2 aliphatic rings. The van der Waals surface area contributed by atoms with E-state index < -0.39 is 38.2 Å². The van der Waals surface area contributed by atoms with Gasteiger partial charge in [0.1, 0.15) is 6.23 Å². The van der Waals surface area contributed by atoms with Crippen molar-refractivity contribution >= 4 is 37.1 Å². The third kappa shape index (κ3) is 3.39. The second-order valence-corrected chi connectivity index (χ2v) is 8.90. The van der Waals surface area contributed by atoms with Gasteiger partial charge in [0, 0.05) is 25.6 Å². The summed E-state index contributed by atoms with van der Waals surface area (Å²) in [5.41, 5.74) is 6.07. The minimum absolute atomic E-state index is 0.0452. The normalized spacial score (nSPS) is 27.2. The number of nitrogens with two attached hydrogens (primary N) is 1. The number of H-pyrrole nitrogens is 1. The number of imidazole rings is 1. The molecule has 32 heavy (non-hydrogen) atoms. The van der Waals surface area contributed by atoms with Crippen LogP contribution in [-0.4, -0.2) is 62.6 Å². The van der Waals surface area contributed by atoms with E-state index in [1.807, 2.05) is 13.8 Å². The summed E-state index contributed by atoms with van der Waals surface area (Å²) >= 11 is 0. The highest BCUT2D eigenvalue weighted by Crippen LogP contribution is 2.45. The predicted octanol–water partition coefficient (Wildman–Crippen LogP) is 1.05. The molecule has 1 saturated heterocycles. The van der Waals surface area contributed by atoms with Crippen molar-refractivity contribution in [3.05, 3.63) is 28.1 Å². The highest BCUT2D eigenvalue weighted by molar-refractivity contribution is 7.44. The molecule has 5 unspecified atom stereocenters. The maximum atomic E-state index is 12.9. The van der Waals surface area contributed by atoms with E-state index in [-0.39, 0.29) is 40.2 Å². The Hall–Kier alpha value is -2.50. The number of likely N-dealkylation sites (N-methyl/N-ethyl adjacent to an activating group) is 1. The molecule has 0 spiro atoms. The van der Waals surface area contributed by atoms with Crippen LogP contribution in [0, 0.1) is 5.92 Å². The van der Waals surface area contributed by atoms with Gasteiger partial charge in [0.2, 0.25) is 0 Å². The van der Waals surface area contributed by atoms with Gasteiger partial charge in [-0.15, -0.1) is 0 Å². The standard InChI is InChI=1S/C19H25N6O6P/c1-6-10-13(31-32(20)29-5)9(3)19(30-10)25-14(11-8(2)17(27)24(4)18(11)28)23-12-15(25)21-7-22-16(12)26/h7,9-10,13,19H,6,20H2,1-5H3,(H,21,22,26). The van der Waals surface area contributed by atoms with Crippen molar-refractivity contribution in [1.82, 2.24) is 24.4 Å². The van der Waals surface area contributed by atoms with Crippen LogP contribution in [0.2, 0.25) is 0 Å². The van der Waals surface area contributed by atoms with E-state index in [1.54, 1.807) is 11.5 Å². The van der Waals surface area contributed by atoms with E-state index in [9.17, 15) is 14.4 Å². The van der Waals surface area contributed by atoms with E-state index in [4.69, 9.17) is 19.3 Å². The van der Waals surface area contributed by atoms with Crippen LogP contribution in [0.25, 0.3) is 16.7 Å². The molecule has 2 amide bonds. The molecule has 0 radical (unpaired) electrons. The van der Waals surface area contributed by atoms with Crippen molar-refractivity contribution in [3.63, 3.8) is 0 Å². The van der Waals surface area contributed by atoms with Crippen LogP contribution in [0.3, 0.4) is 0 Å². The largest absolute Gasteiger partial charge is 0.352 e. The van der Waals surface area contributed by atoms with Crippen molar-refractivity contribution < 1.29 is 23.4 Å². The molecule has 13 heteroatoms. The topological polar surface area (TPSA) is 155 Å². The number of carbonyl (C=O) groups excluding carboxylic acids is 2. The van der Waals surface area contributed by atoms with Crippen molar-refractivity contribution in [2.75, 3.05) is 14.2 Å². The van der Waals surface area contributed by atoms with E-state index in [0.29, 0.717) is 6.42 Å². The molecule has 4 heterocycles. The van der Waals surface area contributed by atoms with Gasteiger partial charge in [-0.05, 0) is 13.3 Å². The Morgan fingerprint density at radius 1 is 1.31 bits per heavy atom. The molecule has 0 saturated carbocycles. The molecule has 0 aliphatic carbocycles. The first-order chi connectivity index (χ1) is 15.2. The lowest BCUT2D eigenvalue weighted by molar-refractivity contribution is -0.135. The maximum absolute atomic E-state index is 12.9. The number of amides is 2. The molecule has 0 aromatic carbocycles. The number of ether oxygens (including phenoxy) is 1. The van der Waals surface area contributed by atoms with E-state index in [1.165, 1.54) is 20.5 Å². The first-order valence-electron chi connectivity index (χ1n) is 10.1. The fourth-order valence-corrected chi connectivity index (χ4v) is 4.87. The number of nitrogens with one attached hydrogen (secondary N) is 1. The second kappa shape index (κ2) is 8.45. The van der Waals surface area contributed by atoms with Crippen LogP contribution < -0.4 is 11.1 Å². The van der Waals surface area contributed by atoms with Crippen molar-refractivity contribution in [1.29, 1.82) is 0 Å². The van der Waals surface area contributed by atoms with Gasteiger partial charge in [0.05, 0.1) is 24.1 Å². The minimum atomic E-state index is -1.60. The lowest BCUT2D eigenvalue weighted by Gasteiger charge is -2.23. The summed E-state index contributed by atoms with van der Waals surface area (Å²) in [5.74, 6) is -1.03. The van der Waals surface area contributed by atoms with Gasteiger partial charge in [-0.25, -0.2) is 9.97 Å². The molecule has 2 aliphatic heterocycles. The predicted molar refractivity (Wildman–Crippen MR) is 115 cm³/mol. The molecular formula is C19H25N6O6P. The Bertz CT molecular complexity index is 1170. The highest BCUT2D eigenvalue weighted by Gasteiger charge is 2.47. The molecule has 4 rings (SSSR count). The number of nitrogens with zero attached hydrogens (tertiary/aromatic N) is 4. The summed E-state index contributed by atoms with van der Waals surface area (Å²) in [6, 6.07) is 0. The second-order valence-electron chi connectivity index (χ2n) is 7.75. The highest BCUT2D eigenvalue weighted by atomic mass is 31.2. The Morgan fingerprint density at radius 3 is 2.62 bits per heavy atom. The fourth-order valence-electron chi connectivity index (χ4n) is 4.21. The molecule has 0 bridgehead atoms. The lowest BCUT2D eigenvalue weighted by atomic mass is 10.0. The molecular weight excluding hydrogens is 439 g/mol. The number of rotatable bonds is 6. The van der Waals surface area contributed by atoms with Gasteiger partial charge in [-0.1, -0.05) is 13.8 Å². The van der Waals surface area contributed by atoms with E-state index in [2.05, 4.69) is 15.0 Å². The summed E-state index contributed by atoms with van der Waals surface area (Å²) in [6.07, 6.45) is 0.512. The number of hydrogen-bond acceptors (Lipinski definition) is 9. The number of hydrogen-bond donors (Lipinski definition) is 2. The van der Waals surface area contributed by atoms with Crippen molar-refractivity contribution in [3.8, 4) is 0 Å². The average Bonchev–Trinajstić information content (AvgIpc) is 3.36. The van der Waals surface area contributed by atoms with Crippen LogP contribution in [0.15, 0.2) is 16.7 Å². The van der Waals surface area contributed by atoms with Crippen LogP contribution in [0.5, 0.6) is 0 Å². The lowest BCUT2D eigenvalue weighted by Crippen LogP contribution is -2.28. The third-order valence-corrected chi connectivity index (χ3v) is 6.75. The Labute approximate surface area is 184 Å². The fraction of sp³-hybridized carbons (Fsp3) is 0.526. The molecule has 1 fully saturated rings. The maximum Gasteiger partial charge on any atom is 0.278 e. The zero-order valence-corrected chi connectivity index (χ0v) is 19.3. The summed E-state index contributed by atoms with van der Waals surface area (Å²) in [6.45, 7) is 5.43. The van der Waals surface area contributed by atoms with Crippen LogP contribution >= 0.6 is 8.53 Å². The van der Waals surface area contributed by atoms with E-state index >= 15 is 0 Å². The average molecular weight is 464 g/mol. The molecule has 2 aromatic rings. The summed E-state index contributed by atoms with van der Waals surface area (Å²) in [4.78, 5) is 50.0. The van der Waals surface area contributed by atoms with Crippen molar-refractivity contribution in [2.24, 2.45) is 11.4 Å². The minimum Gasteiger partial charge on any atom is -0.352 e. The van der Waals surface area contributed by atoms with Crippen molar-refractivity contribution in [2.45, 2.75) is 45.6 Å². The summed E-state index contributed by atoms with van der Waals surface area (Å²) in [7, 11) is 1.27. The summed E-state index contributed by atoms with van der Waals surface area (Å²) < 4.78 is 18.9. The first-order valence-corrected chi connectivity index (χ1v) is 11.4. The molecule has 172 valence electrons. The Morgan fingerprint density at radius 2 is 2.03 bits per heavy atom. The first kappa shape index (κ1) is 22.7. The molecule has 5 atom stereocenters. The smallest absolute Gasteiger partial charge is 0.278 e. The number of aromatic nitrogens is 4. The number of aromatic amines is 1. The molecule has 3 N–H and O–H groups in total. The molecule has 2 aromatic heterocycles. The quantitative estimate of drug-likeness (QED) is 0.471. The zero-order valence-electron chi connectivity index (χ0n) is 18.4. The van der Waals surface area contributed by atoms with Gasteiger partial charge in [-0.2, -0.15) is 0 Å². The SMILES string of the molecule is CCC1OC(n2c(C3=C(C)C(=O)N(C)C3=O)nc3c(=O)[nH]cnc32)C(C)C1OP(N)OC. The Balaban J connectivity index is 1.91. The monoisotopic (exact) mass is 464 g/mol. The zero-order chi connectivity index (χ0) is 23.3. The van der Waals surface area contributed by atoms with Crippen LogP contribution in [0.1, 0.15) is 39.2 Å². The van der Waals surface area contributed by atoms with Gasteiger partial charge >= 0.3 is 0 Å². The Kier molecular flexibility index (Phi) is 5.99. The van der Waals surface area contributed by atoms with Gasteiger partial charge in [0.25, 0.3) is 25.9 Å².